The van der Waals surface area contributed by atoms with E-state index in [1.807, 2.05) is 0 Å². The van der Waals surface area contributed by atoms with E-state index in [4.69, 9.17) is 5.11 Å². The molecule has 0 unspecified atom stereocenters. The molecule has 1 saturated heterocycles. The van der Waals surface area contributed by atoms with Gasteiger partial charge in [0.1, 0.15) is 6.04 Å². The van der Waals surface area contributed by atoms with Crippen molar-refractivity contribution < 1.29 is 32.7 Å². The average Bonchev–Trinajstić information content (AvgIpc) is 2.58. The zero-order chi connectivity index (χ0) is 18.6. The number of alkyl halides is 3. The maximum absolute atomic E-state index is 12.9. The lowest BCUT2D eigenvalue weighted by molar-refractivity contribution is -0.151. The fourth-order valence-corrected chi connectivity index (χ4v) is 2.77. The number of likely N-dealkylation sites (tertiary alicyclic amines) is 1. The summed E-state index contributed by atoms with van der Waals surface area (Å²) in [5, 5.41) is 11.3. The third kappa shape index (κ3) is 4.49. The molecular weight excluding hydrogens is 341 g/mol. The number of carboxylic acids is 1. The van der Waals surface area contributed by atoms with Gasteiger partial charge in [-0.3, -0.25) is 9.59 Å². The first-order valence-electron chi connectivity index (χ1n) is 7.68. The number of halogens is 3. The summed E-state index contributed by atoms with van der Waals surface area (Å²) in [7, 11) is 0. The number of nitrogens with one attached hydrogen (secondary N) is 1. The number of rotatable bonds is 4. The van der Waals surface area contributed by atoms with Gasteiger partial charge in [-0.05, 0) is 31.4 Å². The Kier molecular flexibility index (Phi) is 5.66. The van der Waals surface area contributed by atoms with E-state index in [-0.39, 0.29) is 6.54 Å². The van der Waals surface area contributed by atoms with Gasteiger partial charge < -0.3 is 15.3 Å². The number of hydrogen-bond donors (Lipinski definition) is 2. The highest BCUT2D eigenvalue weighted by molar-refractivity contribution is 5.98. The molecule has 6 nitrogen and oxygen atoms in total. The molecule has 0 spiro atoms. The standard InChI is InChI=1S/C16H17F3N2O4/c17-16(18,19)11-6-2-1-5-10(11)14(23)20-9-13(22)21-8-4-3-7-12(21)15(24)25/h1-2,5-6,12H,3-4,7-9H2,(H,20,23)(H,24,25)/t12-/m1/s1. The maximum Gasteiger partial charge on any atom is 0.417 e. The number of carbonyl (C=O) groups is 3. The zero-order valence-electron chi connectivity index (χ0n) is 13.2. The molecule has 1 heterocycles. The molecule has 0 saturated carbocycles. The Labute approximate surface area is 141 Å². The number of piperidine rings is 1. The summed E-state index contributed by atoms with van der Waals surface area (Å²) in [6.07, 6.45) is -3.07. The van der Waals surface area contributed by atoms with Crippen LogP contribution in [0, 0.1) is 0 Å². The first-order valence-corrected chi connectivity index (χ1v) is 7.68. The largest absolute Gasteiger partial charge is 0.480 e. The van der Waals surface area contributed by atoms with Crippen molar-refractivity contribution in [2.24, 2.45) is 0 Å². The molecule has 1 aromatic carbocycles. The van der Waals surface area contributed by atoms with E-state index in [9.17, 15) is 27.6 Å². The Morgan fingerprint density at radius 3 is 2.52 bits per heavy atom. The highest BCUT2D eigenvalue weighted by atomic mass is 19.4. The SMILES string of the molecule is O=C(NCC(=O)N1CCCC[C@@H]1C(=O)O)c1ccccc1C(F)(F)F. The summed E-state index contributed by atoms with van der Waals surface area (Å²) < 4.78 is 38.8. The van der Waals surface area contributed by atoms with Gasteiger partial charge >= 0.3 is 12.1 Å². The average molecular weight is 358 g/mol. The number of benzene rings is 1. The van der Waals surface area contributed by atoms with Crippen LogP contribution in [0.15, 0.2) is 24.3 Å². The second kappa shape index (κ2) is 7.54. The monoisotopic (exact) mass is 358 g/mol. The smallest absolute Gasteiger partial charge is 0.417 e. The highest BCUT2D eigenvalue weighted by Gasteiger charge is 2.35. The van der Waals surface area contributed by atoms with E-state index < -0.39 is 47.7 Å². The Morgan fingerprint density at radius 2 is 1.88 bits per heavy atom. The van der Waals surface area contributed by atoms with E-state index in [1.54, 1.807) is 0 Å². The predicted octanol–water partition coefficient (Wildman–Crippen LogP) is 1.90. The molecule has 0 bridgehead atoms. The van der Waals surface area contributed by atoms with Gasteiger partial charge in [0.15, 0.2) is 0 Å². The minimum Gasteiger partial charge on any atom is -0.480 e. The van der Waals surface area contributed by atoms with Crippen molar-refractivity contribution in [3.8, 4) is 0 Å². The number of hydrogen-bond acceptors (Lipinski definition) is 3. The van der Waals surface area contributed by atoms with Crippen molar-refractivity contribution >= 4 is 17.8 Å². The van der Waals surface area contributed by atoms with Crippen LogP contribution in [0.1, 0.15) is 35.2 Å². The third-order valence-corrected chi connectivity index (χ3v) is 3.99. The van der Waals surface area contributed by atoms with Gasteiger partial charge in [0.05, 0.1) is 17.7 Å². The second-order valence-electron chi connectivity index (χ2n) is 5.66. The topological polar surface area (TPSA) is 86.7 Å². The van der Waals surface area contributed by atoms with Crippen LogP contribution >= 0.6 is 0 Å². The van der Waals surface area contributed by atoms with Crippen LogP contribution < -0.4 is 5.32 Å². The van der Waals surface area contributed by atoms with Crippen molar-refractivity contribution in [3.63, 3.8) is 0 Å². The van der Waals surface area contributed by atoms with Crippen LogP contribution in [0.3, 0.4) is 0 Å². The van der Waals surface area contributed by atoms with Crippen LogP contribution in [0.25, 0.3) is 0 Å². The Balaban J connectivity index is 2.05. The van der Waals surface area contributed by atoms with Gasteiger partial charge in [-0.25, -0.2) is 4.79 Å². The summed E-state index contributed by atoms with van der Waals surface area (Å²) in [4.78, 5) is 36.5. The van der Waals surface area contributed by atoms with E-state index >= 15 is 0 Å². The van der Waals surface area contributed by atoms with Crippen molar-refractivity contribution in [2.45, 2.75) is 31.5 Å². The molecule has 0 aliphatic carbocycles. The second-order valence-corrected chi connectivity index (χ2v) is 5.66. The van der Waals surface area contributed by atoms with Gasteiger partial charge in [-0.15, -0.1) is 0 Å². The van der Waals surface area contributed by atoms with Gasteiger partial charge in [-0.1, -0.05) is 12.1 Å². The predicted molar refractivity (Wildman–Crippen MR) is 80.8 cm³/mol. The fourth-order valence-electron chi connectivity index (χ4n) is 2.77. The third-order valence-electron chi connectivity index (χ3n) is 3.99. The number of nitrogens with zero attached hydrogens (tertiary/aromatic N) is 1. The molecule has 136 valence electrons. The minimum atomic E-state index is -4.70. The fraction of sp³-hybridized carbons (Fsp3) is 0.438. The molecule has 1 fully saturated rings. The maximum atomic E-state index is 12.9. The molecule has 1 atom stereocenters. The van der Waals surface area contributed by atoms with Crippen LogP contribution in [0.2, 0.25) is 0 Å². The highest BCUT2D eigenvalue weighted by Crippen LogP contribution is 2.31. The van der Waals surface area contributed by atoms with Gasteiger partial charge in [0.25, 0.3) is 5.91 Å². The van der Waals surface area contributed by atoms with E-state index in [2.05, 4.69) is 5.32 Å². The van der Waals surface area contributed by atoms with Crippen LogP contribution in [-0.4, -0.2) is 46.9 Å². The Bertz CT molecular complexity index is 676. The summed E-state index contributed by atoms with van der Waals surface area (Å²) >= 11 is 0. The summed E-state index contributed by atoms with van der Waals surface area (Å²) in [6.45, 7) is -0.320. The number of carboxylic acid groups (broad SMARTS) is 1. The zero-order valence-corrected chi connectivity index (χ0v) is 13.2. The molecule has 0 radical (unpaired) electrons. The normalized spacial score (nSPS) is 17.9. The summed E-state index contributed by atoms with van der Waals surface area (Å²) in [6, 6.07) is 3.28. The van der Waals surface area contributed by atoms with Gasteiger partial charge in [-0.2, -0.15) is 13.2 Å². The van der Waals surface area contributed by atoms with Crippen LogP contribution in [0.5, 0.6) is 0 Å². The lowest BCUT2D eigenvalue weighted by Crippen LogP contribution is -2.51. The van der Waals surface area contributed by atoms with Crippen LogP contribution in [-0.2, 0) is 15.8 Å². The first-order chi connectivity index (χ1) is 11.7. The Morgan fingerprint density at radius 1 is 1.20 bits per heavy atom. The van der Waals surface area contributed by atoms with Crippen molar-refractivity contribution in [2.75, 3.05) is 13.1 Å². The molecular formula is C16H17F3N2O4. The summed E-state index contributed by atoms with van der Waals surface area (Å²) in [5.41, 5.74) is -1.68. The molecule has 0 aromatic heterocycles. The van der Waals surface area contributed by atoms with Gasteiger partial charge in [0.2, 0.25) is 5.91 Å². The summed E-state index contributed by atoms with van der Waals surface area (Å²) in [5.74, 6) is -2.81. The lowest BCUT2D eigenvalue weighted by Gasteiger charge is -2.33. The molecule has 2 rings (SSSR count). The molecule has 2 N–H and O–H groups in total. The molecule has 25 heavy (non-hydrogen) atoms. The molecule has 2 amide bonds. The van der Waals surface area contributed by atoms with E-state index in [1.165, 1.54) is 6.07 Å². The van der Waals surface area contributed by atoms with Crippen molar-refractivity contribution in [1.82, 2.24) is 10.2 Å². The number of amides is 2. The number of carbonyl (C=O) groups excluding carboxylic acids is 2. The Hall–Kier alpha value is -2.58. The first kappa shape index (κ1) is 18.8. The molecule has 1 aliphatic rings. The van der Waals surface area contributed by atoms with E-state index in [0.717, 1.165) is 23.1 Å². The molecule has 9 heteroatoms. The van der Waals surface area contributed by atoms with Crippen molar-refractivity contribution in [1.29, 1.82) is 0 Å². The number of aliphatic carboxylic acids is 1. The molecule has 1 aliphatic heterocycles. The molecule has 1 aromatic rings. The van der Waals surface area contributed by atoms with Gasteiger partial charge in [0, 0.05) is 6.54 Å². The lowest BCUT2D eigenvalue weighted by atomic mass is 10.0. The quantitative estimate of drug-likeness (QED) is 0.861. The van der Waals surface area contributed by atoms with Crippen molar-refractivity contribution in [3.05, 3.63) is 35.4 Å². The minimum absolute atomic E-state index is 0.241. The van der Waals surface area contributed by atoms with E-state index in [0.29, 0.717) is 19.3 Å². The van der Waals surface area contributed by atoms with Crippen LogP contribution in [0.4, 0.5) is 13.2 Å².